The minimum Gasteiger partial charge on any atom is -0.494 e. The van der Waals surface area contributed by atoms with Crippen LogP contribution < -0.4 is 4.74 Å². The van der Waals surface area contributed by atoms with Gasteiger partial charge in [0.15, 0.2) is 0 Å². The molecule has 2 unspecified atom stereocenters. The number of ether oxygens (including phenoxy) is 2. The molecule has 1 amide bonds. The lowest BCUT2D eigenvalue weighted by Crippen LogP contribution is -2.44. The first kappa shape index (κ1) is 24.9. The molecule has 0 aromatic heterocycles. The number of hydrazone groups is 1. The lowest BCUT2D eigenvalue weighted by molar-refractivity contribution is -0.150. The van der Waals surface area contributed by atoms with Crippen LogP contribution in [0.1, 0.15) is 50.3 Å². The topological polar surface area (TPSA) is 71.4 Å². The smallest absolute Gasteiger partial charge is 0.310 e. The monoisotopic (exact) mass is 481 g/mol. The van der Waals surface area contributed by atoms with E-state index < -0.39 is 0 Å². The Balaban J connectivity index is 1.53. The molecule has 2 atom stereocenters. The van der Waals surface area contributed by atoms with Crippen LogP contribution in [0.5, 0.6) is 5.75 Å². The third-order valence-corrected chi connectivity index (χ3v) is 6.40. The Morgan fingerprint density at radius 2 is 1.80 bits per heavy atom. The number of carbonyl (C=O) groups excluding carboxylic acids is 2. The summed E-state index contributed by atoms with van der Waals surface area (Å²) in [7, 11) is 0. The van der Waals surface area contributed by atoms with Gasteiger partial charge in [-0.25, -0.2) is 9.40 Å². The number of benzene rings is 2. The number of rotatable bonds is 8. The third kappa shape index (κ3) is 6.06. The van der Waals surface area contributed by atoms with E-state index in [4.69, 9.17) is 9.47 Å². The van der Waals surface area contributed by atoms with Gasteiger partial charge in [0.25, 0.3) is 5.91 Å². The van der Waals surface area contributed by atoms with E-state index in [0.29, 0.717) is 26.2 Å². The number of hydrogen-bond donors (Lipinski definition) is 0. The van der Waals surface area contributed by atoms with Gasteiger partial charge in [0.2, 0.25) is 0 Å². The van der Waals surface area contributed by atoms with Gasteiger partial charge in [0.1, 0.15) is 11.6 Å². The van der Waals surface area contributed by atoms with Gasteiger partial charge in [-0.15, -0.1) is 0 Å². The van der Waals surface area contributed by atoms with Crippen molar-refractivity contribution in [2.24, 2.45) is 11.0 Å². The Bertz CT molecular complexity index is 1060. The van der Waals surface area contributed by atoms with Crippen molar-refractivity contribution in [3.8, 4) is 5.75 Å². The number of amides is 1. The molecule has 2 aliphatic rings. The van der Waals surface area contributed by atoms with Crippen molar-refractivity contribution in [2.45, 2.75) is 39.2 Å². The molecule has 35 heavy (non-hydrogen) atoms. The highest BCUT2D eigenvalue weighted by Gasteiger charge is 2.35. The summed E-state index contributed by atoms with van der Waals surface area (Å²) in [5.41, 5.74) is 2.48. The average molecular weight is 482 g/mol. The predicted molar refractivity (Wildman–Crippen MR) is 131 cm³/mol. The Morgan fingerprint density at radius 3 is 2.49 bits per heavy atom. The molecule has 2 aromatic rings. The van der Waals surface area contributed by atoms with E-state index in [1.807, 2.05) is 36.1 Å². The van der Waals surface area contributed by atoms with Gasteiger partial charge in [-0.05, 0) is 68.6 Å². The molecule has 0 N–H and O–H groups in total. The number of nitrogens with zero attached hydrogens (tertiary/aromatic N) is 3. The predicted octanol–water partition coefficient (Wildman–Crippen LogP) is 4.18. The van der Waals surface area contributed by atoms with Crippen molar-refractivity contribution in [3.05, 3.63) is 65.5 Å². The van der Waals surface area contributed by atoms with Gasteiger partial charge in [-0.1, -0.05) is 24.3 Å². The zero-order valence-electron chi connectivity index (χ0n) is 20.3. The van der Waals surface area contributed by atoms with Crippen LogP contribution >= 0.6 is 0 Å². The van der Waals surface area contributed by atoms with Crippen molar-refractivity contribution in [3.63, 3.8) is 0 Å². The normalized spacial score (nSPS) is 20.4. The van der Waals surface area contributed by atoms with Crippen LogP contribution in [0, 0.1) is 11.7 Å². The molecule has 1 saturated heterocycles. The van der Waals surface area contributed by atoms with E-state index in [9.17, 15) is 14.0 Å². The summed E-state index contributed by atoms with van der Waals surface area (Å²) in [6.45, 7) is 6.08. The summed E-state index contributed by atoms with van der Waals surface area (Å²) >= 11 is 0. The fraction of sp³-hybridized carbons (Fsp3) is 0.444. The molecule has 0 radical (unpaired) electrons. The molecule has 8 heteroatoms. The van der Waals surface area contributed by atoms with Crippen molar-refractivity contribution < 1.29 is 23.5 Å². The Morgan fingerprint density at radius 1 is 1.06 bits per heavy atom. The molecular weight excluding hydrogens is 449 g/mol. The lowest BCUT2D eigenvalue weighted by atomic mass is 9.97. The average Bonchev–Trinajstić information content (AvgIpc) is 3.31. The second-order valence-corrected chi connectivity index (χ2v) is 8.84. The van der Waals surface area contributed by atoms with Crippen LogP contribution in [0.3, 0.4) is 0 Å². The van der Waals surface area contributed by atoms with Gasteiger partial charge in [-0.3, -0.25) is 14.5 Å². The van der Waals surface area contributed by atoms with E-state index in [0.717, 1.165) is 42.0 Å². The first-order valence-corrected chi connectivity index (χ1v) is 12.3. The first-order valence-electron chi connectivity index (χ1n) is 12.3. The largest absolute Gasteiger partial charge is 0.494 e. The molecule has 2 heterocycles. The van der Waals surface area contributed by atoms with E-state index in [1.54, 1.807) is 24.1 Å². The summed E-state index contributed by atoms with van der Waals surface area (Å²) < 4.78 is 24.2. The van der Waals surface area contributed by atoms with Gasteiger partial charge in [0.05, 0.1) is 37.4 Å². The first-order chi connectivity index (χ1) is 17.0. The molecule has 186 valence electrons. The second-order valence-electron chi connectivity index (χ2n) is 8.84. The molecule has 2 aromatic carbocycles. The minimum atomic E-state index is -0.315. The molecule has 4 rings (SSSR count). The standard InChI is InChI=1S/C27H32FN3O4/c1-3-34-23-13-9-20(10-14-23)25-16-24(19-7-11-22(28)12-8-19)29-31(25)26(32)18-30-15-5-6-21(17-30)27(33)35-4-2/h7-14,21,25H,3-6,15-18H2,1-2H3. The SMILES string of the molecule is CCOC(=O)C1CCCN(CC(=O)N2N=C(c3ccc(F)cc3)CC2c2ccc(OCC)cc2)C1. The molecule has 0 saturated carbocycles. The minimum absolute atomic E-state index is 0.134. The highest BCUT2D eigenvalue weighted by Crippen LogP contribution is 2.34. The van der Waals surface area contributed by atoms with E-state index >= 15 is 0 Å². The number of likely N-dealkylation sites (tertiary alicyclic amines) is 1. The maximum Gasteiger partial charge on any atom is 0.310 e. The summed E-state index contributed by atoms with van der Waals surface area (Å²) in [5, 5.41) is 6.23. The quantitative estimate of drug-likeness (QED) is 0.529. The van der Waals surface area contributed by atoms with Crippen LogP contribution in [0.15, 0.2) is 53.6 Å². The molecule has 1 fully saturated rings. The number of esters is 1. The van der Waals surface area contributed by atoms with Crippen LogP contribution in [0.25, 0.3) is 0 Å². The van der Waals surface area contributed by atoms with Crippen molar-refractivity contribution in [1.82, 2.24) is 9.91 Å². The van der Waals surface area contributed by atoms with Crippen molar-refractivity contribution in [1.29, 1.82) is 0 Å². The molecule has 7 nitrogen and oxygen atoms in total. The van der Waals surface area contributed by atoms with Crippen LogP contribution in [0.4, 0.5) is 4.39 Å². The third-order valence-electron chi connectivity index (χ3n) is 6.40. The molecule has 0 spiro atoms. The number of halogens is 1. The van der Waals surface area contributed by atoms with Crippen LogP contribution in [-0.4, -0.2) is 60.3 Å². The summed E-state index contributed by atoms with van der Waals surface area (Å²) in [6.07, 6.45) is 2.13. The van der Waals surface area contributed by atoms with Gasteiger partial charge in [-0.2, -0.15) is 5.10 Å². The summed E-state index contributed by atoms with van der Waals surface area (Å²) in [6, 6.07) is 13.6. The fourth-order valence-corrected chi connectivity index (χ4v) is 4.68. The molecule has 0 bridgehead atoms. The molecule has 0 aliphatic carbocycles. The van der Waals surface area contributed by atoms with Crippen molar-refractivity contribution in [2.75, 3.05) is 32.8 Å². The highest BCUT2D eigenvalue weighted by molar-refractivity contribution is 6.03. The van der Waals surface area contributed by atoms with Gasteiger partial charge < -0.3 is 9.47 Å². The number of carbonyl (C=O) groups is 2. The summed E-state index contributed by atoms with van der Waals surface area (Å²) in [5.74, 6) is -0.0924. The van der Waals surface area contributed by atoms with E-state index in [2.05, 4.69) is 5.10 Å². The maximum absolute atomic E-state index is 13.5. The van der Waals surface area contributed by atoms with Gasteiger partial charge >= 0.3 is 5.97 Å². The van der Waals surface area contributed by atoms with Crippen LogP contribution in [-0.2, 0) is 14.3 Å². The highest BCUT2D eigenvalue weighted by atomic mass is 19.1. The van der Waals surface area contributed by atoms with E-state index in [1.165, 1.54) is 12.1 Å². The van der Waals surface area contributed by atoms with E-state index in [-0.39, 0.29) is 36.2 Å². The summed E-state index contributed by atoms with van der Waals surface area (Å²) in [4.78, 5) is 27.7. The zero-order chi connectivity index (χ0) is 24.8. The number of hydrogen-bond acceptors (Lipinski definition) is 6. The fourth-order valence-electron chi connectivity index (χ4n) is 4.68. The molecule has 2 aliphatic heterocycles. The second kappa shape index (κ2) is 11.4. The van der Waals surface area contributed by atoms with Crippen LogP contribution in [0.2, 0.25) is 0 Å². The Labute approximate surface area is 205 Å². The van der Waals surface area contributed by atoms with Gasteiger partial charge in [0, 0.05) is 13.0 Å². The maximum atomic E-state index is 13.5. The zero-order valence-corrected chi connectivity index (χ0v) is 20.3. The van der Waals surface area contributed by atoms with Crippen molar-refractivity contribution >= 4 is 17.6 Å². The Hall–Kier alpha value is -3.26. The number of piperidine rings is 1. The molecular formula is C27H32FN3O4. The lowest BCUT2D eigenvalue weighted by Gasteiger charge is -2.32. The Kier molecular flexibility index (Phi) is 8.13.